The van der Waals surface area contributed by atoms with Crippen molar-refractivity contribution in [3.05, 3.63) is 33.5 Å². The highest BCUT2D eigenvalue weighted by molar-refractivity contribution is 7.14. The molecule has 0 bridgehead atoms. The SMILES string of the molecule is CC(Cc1cccs1)N(C)c1nc(C(=O)O)cs1. The van der Waals surface area contributed by atoms with Crippen LogP contribution in [0, 0.1) is 0 Å². The first kappa shape index (κ1) is 13.0. The molecule has 4 nitrogen and oxygen atoms in total. The Morgan fingerprint density at radius 2 is 2.33 bits per heavy atom. The Kier molecular flexibility index (Phi) is 3.98. The van der Waals surface area contributed by atoms with Crippen molar-refractivity contribution >= 4 is 33.8 Å². The third-order valence-electron chi connectivity index (χ3n) is 2.75. The van der Waals surface area contributed by atoms with Gasteiger partial charge in [0.25, 0.3) is 0 Å². The van der Waals surface area contributed by atoms with Crippen molar-refractivity contribution < 1.29 is 9.90 Å². The van der Waals surface area contributed by atoms with Gasteiger partial charge in [-0.1, -0.05) is 6.07 Å². The van der Waals surface area contributed by atoms with Crippen LogP contribution < -0.4 is 4.90 Å². The smallest absolute Gasteiger partial charge is 0.355 e. The van der Waals surface area contributed by atoms with E-state index in [9.17, 15) is 4.79 Å². The van der Waals surface area contributed by atoms with Crippen LogP contribution in [-0.4, -0.2) is 29.1 Å². The zero-order valence-corrected chi connectivity index (χ0v) is 11.8. The van der Waals surface area contributed by atoms with Gasteiger partial charge in [0.05, 0.1) is 0 Å². The third kappa shape index (κ3) is 2.88. The van der Waals surface area contributed by atoms with Gasteiger partial charge < -0.3 is 10.0 Å². The molecule has 0 radical (unpaired) electrons. The Morgan fingerprint density at radius 3 is 2.89 bits per heavy atom. The fourth-order valence-corrected chi connectivity index (χ4v) is 3.26. The molecule has 2 rings (SSSR count). The number of thiazole rings is 1. The van der Waals surface area contributed by atoms with E-state index in [4.69, 9.17) is 5.11 Å². The van der Waals surface area contributed by atoms with Crippen LogP contribution in [0.4, 0.5) is 5.13 Å². The lowest BCUT2D eigenvalue weighted by molar-refractivity contribution is 0.0691. The molecule has 0 saturated heterocycles. The Hall–Kier alpha value is -1.40. The number of carboxylic acids is 1. The number of aromatic carboxylic acids is 1. The van der Waals surface area contributed by atoms with Gasteiger partial charge in [-0.05, 0) is 18.4 Å². The molecule has 18 heavy (non-hydrogen) atoms. The predicted molar refractivity (Wildman–Crippen MR) is 75.0 cm³/mol. The van der Waals surface area contributed by atoms with Crippen molar-refractivity contribution in [2.24, 2.45) is 0 Å². The van der Waals surface area contributed by atoms with Crippen LogP contribution in [0.3, 0.4) is 0 Å². The van der Waals surface area contributed by atoms with Gasteiger partial charge in [-0.15, -0.1) is 22.7 Å². The van der Waals surface area contributed by atoms with Gasteiger partial charge in [0.1, 0.15) is 0 Å². The second-order valence-electron chi connectivity index (χ2n) is 4.06. The van der Waals surface area contributed by atoms with Gasteiger partial charge in [-0.3, -0.25) is 0 Å². The molecule has 1 N–H and O–H groups in total. The molecule has 0 spiro atoms. The fourth-order valence-electron chi connectivity index (χ4n) is 1.57. The number of anilines is 1. The molecule has 0 amide bonds. The molecule has 0 saturated carbocycles. The van der Waals surface area contributed by atoms with E-state index in [0.717, 1.165) is 11.6 Å². The molecule has 6 heteroatoms. The first-order valence-corrected chi connectivity index (χ1v) is 7.28. The van der Waals surface area contributed by atoms with Crippen LogP contribution in [0.25, 0.3) is 0 Å². The van der Waals surface area contributed by atoms with Crippen LogP contribution in [0.1, 0.15) is 22.3 Å². The minimum absolute atomic E-state index is 0.116. The lowest BCUT2D eigenvalue weighted by Crippen LogP contribution is -2.30. The molecular formula is C12H14N2O2S2. The Labute approximate surface area is 114 Å². The number of carbonyl (C=O) groups is 1. The molecule has 0 fully saturated rings. The monoisotopic (exact) mass is 282 g/mol. The largest absolute Gasteiger partial charge is 0.476 e. The van der Waals surface area contributed by atoms with Crippen molar-refractivity contribution in [3.8, 4) is 0 Å². The third-order valence-corrected chi connectivity index (χ3v) is 4.58. The molecule has 2 aromatic heterocycles. The van der Waals surface area contributed by atoms with Crippen molar-refractivity contribution in [1.82, 2.24) is 4.98 Å². The molecule has 2 aromatic rings. The zero-order valence-electron chi connectivity index (χ0n) is 10.2. The molecule has 1 atom stereocenters. The van der Waals surface area contributed by atoms with Gasteiger partial charge in [0.15, 0.2) is 10.8 Å². The summed E-state index contributed by atoms with van der Waals surface area (Å²) in [5.74, 6) is -0.975. The number of likely N-dealkylation sites (N-methyl/N-ethyl adjacent to an activating group) is 1. The van der Waals surface area contributed by atoms with E-state index in [2.05, 4.69) is 23.4 Å². The summed E-state index contributed by atoms with van der Waals surface area (Å²) in [6, 6.07) is 4.44. The van der Waals surface area contributed by atoms with Crippen LogP contribution >= 0.6 is 22.7 Å². The standard InChI is InChI=1S/C12H14N2O2S2/c1-8(6-9-4-3-5-17-9)14(2)12-13-10(7-18-12)11(15)16/h3-5,7-8H,6H2,1-2H3,(H,15,16). The van der Waals surface area contributed by atoms with Crippen LogP contribution in [-0.2, 0) is 6.42 Å². The van der Waals surface area contributed by atoms with Crippen LogP contribution in [0.5, 0.6) is 0 Å². The maximum atomic E-state index is 10.8. The van der Waals surface area contributed by atoms with Gasteiger partial charge in [0.2, 0.25) is 0 Å². The summed E-state index contributed by atoms with van der Waals surface area (Å²) in [5.41, 5.74) is 0.116. The topological polar surface area (TPSA) is 53.4 Å². The Bertz CT molecular complexity index is 522. The van der Waals surface area contributed by atoms with Crippen LogP contribution in [0.2, 0.25) is 0 Å². The highest BCUT2D eigenvalue weighted by Crippen LogP contribution is 2.23. The second kappa shape index (κ2) is 5.49. The van der Waals surface area contributed by atoms with E-state index in [1.165, 1.54) is 16.2 Å². The number of hydrogen-bond donors (Lipinski definition) is 1. The lowest BCUT2D eigenvalue weighted by Gasteiger charge is -2.23. The molecule has 1 unspecified atom stereocenters. The maximum absolute atomic E-state index is 10.8. The molecule has 96 valence electrons. The minimum Gasteiger partial charge on any atom is -0.476 e. The molecule has 0 aliphatic rings. The van der Waals surface area contributed by atoms with E-state index in [1.807, 2.05) is 18.0 Å². The van der Waals surface area contributed by atoms with E-state index in [-0.39, 0.29) is 11.7 Å². The summed E-state index contributed by atoms with van der Waals surface area (Å²) in [5, 5.41) is 13.2. The number of rotatable bonds is 5. The van der Waals surface area contributed by atoms with Gasteiger partial charge >= 0.3 is 5.97 Å². The summed E-state index contributed by atoms with van der Waals surface area (Å²) in [6.07, 6.45) is 0.941. The van der Waals surface area contributed by atoms with E-state index >= 15 is 0 Å². The normalized spacial score (nSPS) is 12.3. The highest BCUT2D eigenvalue weighted by atomic mass is 32.1. The molecule has 0 aliphatic carbocycles. The number of hydrogen-bond acceptors (Lipinski definition) is 5. The summed E-state index contributed by atoms with van der Waals surface area (Å²) in [7, 11) is 1.95. The Morgan fingerprint density at radius 1 is 1.56 bits per heavy atom. The number of aromatic nitrogens is 1. The first-order valence-electron chi connectivity index (χ1n) is 5.52. The van der Waals surface area contributed by atoms with Crippen molar-refractivity contribution in [2.45, 2.75) is 19.4 Å². The fraction of sp³-hybridized carbons (Fsp3) is 0.333. The van der Waals surface area contributed by atoms with Gasteiger partial charge in [-0.2, -0.15) is 0 Å². The van der Waals surface area contributed by atoms with Crippen molar-refractivity contribution in [2.75, 3.05) is 11.9 Å². The minimum atomic E-state index is -0.975. The molecule has 0 aliphatic heterocycles. The van der Waals surface area contributed by atoms with E-state index < -0.39 is 5.97 Å². The summed E-state index contributed by atoms with van der Waals surface area (Å²) >= 11 is 3.10. The summed E-state index contributed by atoms with van der Waals surface area (Å²) in [4.78, 5) is 18.2. The zero-order chi connectivity index (χ0) is 13.1. The van der Waals surface area contributed by atoms with E-state index in [1.54, 1.807) is 16.7 Å². The summed E-state index contributed by atoms with van der Waals surface area (Å²) in [6.45, 7) is 2.11. The number of thiophene rings is 1. The Balaban J connectivity index is 2.05. The molecular weight excluding hydrogens is 268 g/mol. The van der Waals surface area contributed by atoms with E-state index in [0.29, 0.717) is 0 Å². The average Bonchev–Trinajstić information content (AvgIpc) is 2.98. The first-order chi connectivity index (χ1) is 8.58. The summed E-state index contributed by atoms with van der Waals surface area (Å²) < 4.78 is 0. The van der Waals surface area contributed by atoms with Gasteiger partial charge in [0, 0.05) is 29.8 Å². The van der Waals surface area contributed by atoms with Crippen LogP contribution in [0.15, 0.2) is 22.9 Å². The second-order valence-corrected chi connectivity index (χ2v) is 5.93. The molecule has 2 heterocycles. The lowest BCUT2D eigenvalue weighted by atomic mass is 10.2. The predicted octanol–water partition coefficient (Wildman–Crippen LogP) is 2.97. The average molecular weight is 282 g/mol. The number of carboxylic acid groups (broad SMARTS) is 1. The van der Waals surface area contributed by atoms with Gasteiger partial charge in [-0.25, -0.2) is 9.78 Å². The van der Waals surface area contributed by atoms with Crippen molar-refractivity contribution in [1.29, 1.82) is 0 Å². The molecule has 0 aromatic carbocycles. The number of nitrogens with zero attached hydrogens (tertiary/aromatic N) is 2. The maximum Gasteiger partial charge on any atom is 0.355 e. The quantitative estimate of drug-likeness (QED) is 0.916. The van der Waals surface area contributed by atoms with Crippen molar-refractivity contribution in [3.63, 3.8) is 0 Å². The highest BCUT2D eigenvalue weighted by Gasteiger charge is 2.16.